The van der Waals surface area contributed by atoms with E-state index in [1.165, 1.54) is 64.8 Å². The van der Waals surface area contributed by atoms with Crippen LogP contribution in [-0.4, -0.2) is 63.2 Å². The van der Waals surface area contributed by atoms with Crippen LogP contribution in [0, 0.1) is 0 Å². The van der Waals surface area contributed by atoms with Crippen molar-refractivity contribution in [2.24, 2.45) is 0 Å². The summed E-state index contributed by atoms with van der Waals surface area (Å²) in [6, 6.07) is 0. The van der Waals surface area contributed by atoms with Crippen LogP contribution in [0.2, 0.25) is 0 Å². The predicted octanol–water partition coefficient (Wildman–Crippen LogP) is 1.40. The Balaban J connectivity index is 2.20. The number of hydrogen-bond donors (Lipinski definition) is 1. The zero-order chi connectivity index (χ0) is 11.6. The molecule has 0 bridgehead atoms. The van der Waals surface area contributed by atoms with E-state index in [2.05, 4.69) is 29.2 Å². The molecule has 1 rings (SSSR count). The highest BCUT2D eigenvalue weighted by atomic mass is 15.2. The van der Waals surface area contributed by atoms with Crippen LogP contribution in [0.4, 0.5) is 0 Å². The third kappa shape index (κ3) is 7.20. The van der Waals surface area contributed by atoms with Crippen molar-refractivity contribution in [3.63, 3.8) is 0 Å². The van der Waals surface area contributed by atoms with E-state index in [0.717, 1.165) is 6.54 Å². The van der Waals surface area contributed by atoms with Gasteiger partial charge in [0.2, 0.25) is 0 Å². The molecule has 0 spiro atoms. The fraction of sp³-hybridized carbons (Fsp3) is 1.00. The molecule has 16 heavy (non-hydrogen) atoms. The Kier molecular flexibility index (Phi) is 7.81. The number of nitrogens with zero attached hydrogens (tertiary/aromatic N) is 2. The van der Waals surface area contributed by atoms with Gasteiger partial charge in [0, 0.05) is 26.2 Å². The van der Waals surface area contributed by atoms with E-state index < -0.39 is 0 Å². The van der Waals surface area contributed by atoms with Gasteiger partial charge in [0.15, 0.2) is 0 Å². The summed E-state index contributed by atoms with van der Waals surface area (Å²) < 4.78 is 0. The monoisotopic (exact) mass is 227 g/mol. The molecule has 1 heterocycles. The second kappa shape index (κ2) is 8.97. The summed E-state index contributed by atoms with van der Waals surface area (Å²) in [6.45, 7) is 7.18. The van der Waals surface area contributed by atoms with Gasteiger partial charge < -0.3 is 15.1 Å². The first-order chi connectivity index (χ1) is 7.79. The van der Waals surface area contributed by atoms with E-state index in [9.17, 15) is 0 Å². The second-order valence-electron chi connectivity index (χ2n) is 5.12. The Labute approximate surface area is 101 Å². The molecule has 0 radical (unpaired) electrons. The minimum absolute atomic E-state index is 1.14. The number of hydrogen-bond acceptors (Lipinski definition) is 3. The maximum absolute atomic E-state index is 3.53. The van der Waals surface area contributed by atoms with Gasteiger partial charge in [-0.25, -0.2) is 0 Å². The largest absolute Gasteiger partial charge is 0.315 e. The van der Waals surface area contributed by atoms with E-state index in [1.54, 1.807) is 0 Å². The lowest BCUT2D eigenvalue weighted by Crippen LogP contribution is -2.35. The van der Waals surface area contributed by atoms with E-state index in [1.807, 2.05) is 0 Å². The SMILES string of the molecule is CN1CCCCCCCNCCN(C)CC1. The van der Waals surface area contributed by atoms with Crippen molar-refractivity contribution < 1.29 is 0 Å². The molecule has 1 aliphatic rings. The highest BCUT2D eigenvalue weighted by Crippen LogP contribution is 2.03. The minimum atomic E-state index is 1.14. The summed E-state index contributed by atoms with van der Waals surface area (Å²) in [5.41, 5.74) is 0. The molecule has 1 N–H and O–H groups in total. The van der Waals surface area contributed by atoms with Gasteiger partial charge in [0.05, 0.1) is 0 Å². The van der Waals surface area contributed by atoms with Crippen LogP contribution in [0.1, 0.15) is 32.1 Å². The summed E-state index contributed by atoms with van der Waals surface area (Å²) >= 11 is 0. The highest BCUT2D eigenvalue weighted by Gasteiger charge is 2.03. The quantitative estimate of drug-likeness (QED) is 0.675. The number of nitrogens with one attached hydrogen (secondary N) is 1. The topological polar surface area (TPSA) is 18.5 Å². The molecule has 0 unspecified atom stereocenters. The first-order valence-corrected chi connectivity index (χ1v) is 6.87. The van der Waals surface area contributed by atoms with Crippen molar-refractivity contribution in [2.45, 2.75) is 32.1 Å². The summed E-state index contributed by atoms with van der Waals surface area (Å²) in [4.78, 5) is 4.89. The Bertz CT molecular complexity index is 143. The first kappa shape index (κ1) is 13.9. The Morgan fingerprint density at radius 3 is 2.06 bits per heavy atom. The van der Waals surface area contributed by atoms with Crippen molar-refractivity contribution in [1.82, 2.24) is 15.1 Å². The third-order valence-corrected chi connectivity index (χ3v) is 3.43. The van der Waals surface area contributed by atoms with E-state index in [0.29, 0.717) is 0 Å². The molecular weight excluding hydrogens is 198 g/mol. The number of rotatable bonds is 0. The molecule has 3 nitrogen and oxygen atoms in total. The normalized spacial score (nSPS) is 25.1. The Morgan fingerprint density at radius 2 is 1.25 bits per heavy atom. The lowest BCUT2D eigenvalue weighted by molar-refractivity contribution is 0.251. The molecule has 0 aromatic rings. The summed E-state index contributed by atoms with van der Waals surface area (Å²) in [5, 5.41) is 3.53. The molecule has 0 amide bonds. The van der Waals surface area contributed by atoms with Crippen LogP contribution < -0.4 is 5.32 Å². The molecule has 1 fully saturated rings. The highest BCUT2D eigenvalue weighted by molar-refractivity contribution is 4.60. The number of likely N-dealkylation sites (N-methyl/N-ethyl adjacent to an activating group) is 2. The third-order valence-electron chi connectivity index (χ3n) is 3.43. The lowest BCUT2D eigenvalue weighted by Gasteiger charge is -2.22. The van der Waals surface area contributed by atoms with Crippen molar-refractivity contribution in [3.05, 3.63) is 0 Å². The molecule has 3 heteroatoms. The molecule has 0 aliphatic carbocycles. The molecule has 1 aliphatic heterocycles. The van der Waals surface area contributed by atoms with Crippen LogP contribution in [0.5, 0.6) is 0 Å². The van der Waals surface area contributed by atoms with Crippen LogP contribution in [0.25, 0.3) is 0 Å². The smallest absolute Gasteiger partial charge is 0.0107 e. The van der Waals surface area contributed by atoms with Gasteiger partial charge >= 0.3 is 0 Å². The van der Waals surface area contributed by atoms with Gasteiger partial charge in [-0.05, 0) is 40.0 Å². The van der Waals surface area contributed by atoms with Crippen molar-refractivity contribution >= 4 is 0 Å². The molecule has 96 valence electrons. The fourth-order valence-electron chi connectivity index (χ4n) is 2.12. The van der Waals surface area contributed by atoms with Gasteiger partial charge in [-0.15, -0.1) is 0 Å². The molecule has 1 saturated heterocycles. The molecule has 0 saturated carbocycles. The van der Waals surface area contributed by atoms with Crippen molar-refractivity contribution in [2.75, 3.05) is 53.4 Å². The van der Waals surface area contributed by atoms with Gasteiger partial charge in [-0.2, -0.15) is 0 Å². The van der Waals surface area contributed by atoms with E-state index >= 15 is 0 Å². The van der Waals surface area contributed by atoms with Gasteiger partial charge in [-0.3, -0.25) is 0 Å². The van der Waals surface area contributed by atoms with Crippen LogP contribution in [0.15, 0.2) is 0 Å². The van der Waals surface area contributed by atoms with Crippen molar-refractivity contribution in [1.29, 1.82) is 0 Å². The molecular formula is C13H29N3. The van der Waals surface area contributed by atoms with E-state index in [-0.39, 0.29) is 0 Å². The van der Waals surface area contributed by atoms with Crippen LogP contribution in [0.3, 0.4) is 0 Å². The molecule has 0 atom stereocenters. The minimum Gasteiger partial charge on any atom is -0.315 e. The van der Waals surface area contributed by atoms with Crippen molar-refractivity contribution in [3.8, 4) is 0 Å². The van der Waals surface area contributed by atoms with Gasteiger partial charge in [0.1, 0.15) is 0 Å². The van der Waals surface area contributed by atoms with Gasteiger partial charge in [-0.1, -0.05) is 19.3 Å². The molecule has 0 aromatic carbocycles. The van der Waals surface area contributed by atoms with Crippen LogP contribution in [-0.2, 0) is 0 Å². The maximum Gasteiger partial charge on any atom is 0.0107 e. The fourth-order valence-corrected chi connectivity index (χ4v) is 2.12. The van der Waals surface area contributed by atoms with Crippen LogP contribution >= 0.6 is 0 Å². The maximum atomic E-state index is 3.53. The lowest BCUT2D eigenvalue weighted by atomic mass is 10.1. The zero-order valence-electron chi connectivity index (χ0n) is 11.2. The summed E-state index contributed by atoms with van der Waals surface area (Å²) in [7, 11) is 4.47. The Morgan fingerprint density at radius 1 is 0.625 bits per heavy atom. The first-order valence-electron chi connectivity index (χ1n) is 6.87. The summed E-state index contributed by atoms with van der Waals surface area (Å²) in [6.07, 6.45) is 6.93. The standard InChI is InChI=1S/C13H29N3/c1-15-10-7-5-3-4-6-8-14-9-11-16(2)13-12-15/h14H,3-13H2,1-2H3. The molecule has 0 aromatic heterocycles. The van der Waals surface area contributed by atoms with E-state index in [4.69, 9.17) is 0 Å². The second-order valence-corrected chi connectivity index (χ2v) is 5.12. The summed E-state index contributed by atoms with van der Waals surface area (Å²) in [5.74, 6) is 0. The Hall–Kier alpha value is -0.120. The van der Waals surface area contributed by atoms with Gasteiger partial charge in [0.25, 0.3) is 0 Å². The average Bonchev–Trinajstić information content (AvgIpc) is 2.28. The zero-order valence-corrected chi connectivity index (χ0v) is 11.2. The predicted molar refractivity (Wildman–Crippen MR) is 70.9 cm³/mol. The average molecular weight is 227 g/mol.